The van der Waals surface area contributed by atoms with E-state index in [-0.39, 0.29) is 11.6 Å². The Balaban J connectivity index is 1.06. The summed E-state index contributed by atoms with van der Waals surface area (Å²) in [5.74, 6) is 0. The average molecular weight is 581 g/mol. The summed E-state index contributed by atoms with van der Waals surface area (Å²) in [5, 5.41) is 7.46. The Kier molecular flexibility index (Phi) is 8.16. The average Bonchev–Trinajstić information content (AvgIpc) is 3.34. The monoisotopic (exact) mass is 580 g/mol. The first kappa shape index (κ1) is 27.8. The molecule has 2 aliphatic heterocycles. The van der Waals surface area contributed by atoms with E-state index in [1.807, 2.05) is 53.2 Å². The second-order valence-electron chi connectivity index (χ2n) is 12.6. The Bertz CT molecular complexity index is 1610. The van der Waals surface area contributed by atoms with E-state index >= 15 is 0 Å². The molecule has 0 bridgehead atoms. The molecule has 4 aromatic rings. The minimum Gasteiger partial charge on any atom is -0.300 e. The van der Waals surface area contributed by atoms with Gasteiger partial charge >= 0.3 is 0 Å². The van der Waals surface area contributed by atoms with Crippen LogP contribution in [0.25, 0.3) is 10.8 Å². The van der Waals surface area contributed by atoms with Crippen molar-refractivity contribution < 1.29 is 0 Å². The van der Waals surface area contributed by atoms with Crippen LogP contribution in [-0.2, 0) is 25.8 Å². The fourth-order valence-corrected chi connectivity index (χ4v) is 7.38. The molecule has 0 amide bonds. The first-order chi connectivity index (χ1) is 20.6. The van der Waals surface area contributed by atoms with Crippen LogP contribution in [0.2, 0.25) is 5.02 Å². The maximum atomic E-state index is 13.7. The third kappa shape index (κ3) is 5.92. The van der Waals surface area contributed by atoms with E-state index in [4.69, 9.17) is 16.7 Å². The maximum absolute atomic E-state index is 13.7. The van der Waals surface area contributed by atoms with Crippen molar-refractivity contribution in [1.29, 1.82) is 0 Å². The van der Waals surface area contributed by atoms with Crippen molar-refractivity contribution in [1.82, 2.24) is 19.6 Å². The molecule has 1 unspecified atom stereocenters. The number of rotatable bonds is 6. The summed E-state index contributed by atoms with van der Waals surface area (Å²) in [6, 6.07) is 24.1. The molecule has 218 valence electrons. The van der Waals surface area contributed by atoms with Gasteiger partial charge in [-0.2, -0.15) is 5.10 Å². The molecule has 1 aromatic heterocycles. The highest BCUT2D eigenvalue weighted by Gasteiger charge is 2.27. The van der Waals surface area contributed by atoms with Crippen LogP contribution >= 0.6 is 11.6 Å². The van der Waals surface area contributed by atoms with Gasteiger partial charge in [-0.15, -0.1) is 0 Å². The summed E-state index contributed by atoms with van der Waals surface area (Å²) in [4.78, 5) is 19.0. The lowest BCUT2D eigenvalue weighted by Gasteiger charge is -2.36. The highest BCUT2D eigenvalue weighted by atomic mass is 35.5. The SMILES string of the molecule is O=c1c2ccccc2c(Cc2ccc(Cl)cc2)nn1C1CCCN(Cc2ccc3c(c2)CCN(C2CCC2)CC3)CC1. The maximum Gasteiger partial charge on any atom is 0.274 e. The van der Waals surface area contributed by atoms with Gasteiger partial charge in [-0.1, -0.05) is 66.6 Å². The molecule has 1 saturated carbocycles. The van der Waals surface area contributed by atoms with Gasteiger partial charge in [-0.05, 0) is 91.9 Å². The van der Waals surface area contributed by atoms with E-state index in [0.29, 0.717) is 6.42 Å². The number of fused-ring (bicyclic) bond motifs is 2. The highest BCUT2D eigenvalue weighted by Crippen LogP contribution is 2.29. The summed E-state index contributed by atoms with van der Waals surface area (Å²) in [6.45, 7) is 5.44. The Morgan fingerprint density at radius 1 is 0.738 bits per heavy atom. The fourth-order valence-electron chi connectivity index (χ4n) is 7.26. The molecular formula is C36H41ClN4O. The summed E-state index contributed by atoms with van der Waals surface area (Å²) in [7, 11) is 0. The Morgan fingerprint density at radius 2 is 1.48 bits per heavy atom. The smallest absolute Gasteiger partial charge is 0.274 e. The van der Waals surface area contributed by atoms with Crippen LogP contribution in [-0.4, -0.2) is 51.8 Å². The number of nitrogens with zero attached hydrogens (tertiary/aromatic N) is 4. The van der Waals surface area contributed by atoms with E-state index in [0.717, 1.165) is 72.0 Å². The van der Waals surface area contributed by atoms with Gasteiger partial charge < -0.3 is 0 Å². The van der Waals surface area contributed by atoms with Crippen LogP contribution in [0.15, 0.2) is 71.5 Å². The minimum absolute atomic E-state index is 0.0330. The standard InChI is InChI=1S/C36H41ClN4O/c37-30-14-11-26(12-15-30)24-35-33-8-1-2-9-34(33)36(42)41(38-35)32-7-4-19-39(20-18-32)25-27-10-13-28-16-21-40(31-5-3-6-31)22-17-29(28)23-27/h1-2,8-15,23,31-32H,3-7,16-22,24-25H2. The Labute approximate surface area is 254 Å². The molecule has 2 fully saturated rings. The lowest BCUT2D eigenvalue weighted by atomic mass is 9.91. The summed E-state index contributed by atoms with van der Waals surface area (Å²) in [6.07, 6.45) is 10.2. The van der Waals surface area contributed by atoms with E-state index in [2.05, 4.69) is 28.0 Å². The number of benzene rings is 3. The zero-order valence-corrected chi connectivity index (χ0v) is 25.2. The lowest BCUT2D eigenvalue weighted by Crippen LogP contribution is -2.41. The molecule has 42 heavy (non-hydrogen) atoms. The third-order valence-corrected chi connectivity index (χ3v) is 10.2. The summed E-state index contributed by atoms with van der Waals surface area (Å²) >= 11 is 6.13. The number of likely N-dealkylation sites (tertiary alicyclic amines) is 1. The largest absolute Gasteiger partial charge is 0.300 e. The van der Waals surface area contributed by atoms with Crippen LogP contribution in [0.4, 0.5) is 0 Å². The van der Waals surface area contributed by atoms with E-state index in [1.165, 1.54) is 50.8 Å². The van der Waals surface area contributed by atoms with Crippen LogP contribution in [0.3, 0.4) is 0 Å². The molecule has 3 heterocycles. The molecule has 0 spiro atoms. The quantitative estimate of drug-likeness (QED) is 0.251. The molecule has 1 atom stereocenters. The molecule has 3 aliphatic rings. The summed E-state index contributed by atoms with van der Waals surface area (Å²) in [5.41, 5.74) is 6.66. The molecule has 0 radical (unpaired) electrons. The van der Waals surface area contributed by atoms with Gasteiger partial charge in [0.1, 0.15) is 0 Å². The van der Waals surface area contributed by atoms with Crippen molar-refractivity contribution in [3.8, 4) is 0 Å². The molecular weight excluding hydrogens is 540 g/mol. The van der Waals surface area contributed by atoms with Crippen LogP contribution in [0.5, 0.6) is 0 Å². The zero-order chi connectivity index (χ0) is 28.5. The number of aromatic nitrogens is 2. The van der Waals surface area contributed by atoms with Crippen molar-refractivity contribution >= 4 is 22.4 Å². The van der Waals surface area contributed by atoms with Crippen LogP contribution in [0.1, 0.15) is 72.5 Å². The van der Waals surface area contributed by atoms with Gasteiger partial charge in [0.15, 0.2) is 0 Å². The van der Waals surface area contributed by atoms with Crippen molar-refractivity contribution in [3.05, 3.63) is 110 Å². The van der Waals surface area contributed by atoms with Crippen molar-refractivity contribution in [2.24, 2.45) is 0 Å². The van der Waals surface area contributed by atoms with E-state index < -0.39 is 0 Å². The first-order valence-corrected chi connectivity index (χ1v) is 16.3. The topological polar surface area (TPSA) is 41.4 Å². The Hall–Kier alpha value is -2.99. The van der Waals surface area contributed by atoms with Gasteiger partial charge in [0.05, 0.1) is 17.1 Å². The zero-order valence-electron chi connectivity index (χ0n) is 24.5. The molecule has 3 aromatic carbocycles. The predicted octanol–water partition coefficient (Wildman–Crippen LogP) is 6.82. The highest BCUT2D eigenvalue weighted by molar-refractivity contribution is 6.30. The van der Waals surface area contributed by atoms with Crippen molar-refractivity contribution in [3.63, 3.8) is 0 Å². The number of halogens is 1. The molecule has 7 rings (SSSR count). The second kappa shape index (κ2) is 12.3. The first-order valence-electron chi connectivity index (χ1n) is 15.9. The predicted molar refractivity (Wildman–Crippen MR) is 171 cm³/mol. The molecule has 5 nitrogen and oxygen atoms in total. The Morgan fingerprint density at radius 3 is 2.26 bits per heavy atom. The number of hydrogen-bond acceptors (Lipinski definition) is 4. The third-order valence-electron chi connectivity index (χ3n) is 9.93. The van der Waals surface area contributed by atoms with Crippen LogP contribution in [0, 0.1) is 0 Å². The number of hydrogen-bond donors (Lipinski definition) is 0. The van der Waals surface area contributed by atoms with E-state index in [1.54, 1.807) is 11.1 Å². The van der Waals surface area contributed by atoms with Gasteiger partial charge in [0.2, 0.25) is 0 Å². The van der Waals surface area contributed by atoms with E-state index in [9.17, 15) is 4.79 Å². The molecule has 6 heteroatoms. The van der Waals surface area contributed by atoms with Crippen molar-refractivity contribution in [2.45, 2.75) is 76.4 Å². The minimum atomic E-state index is 0.0330. The van der Waals surface area contributed by atoms with Gasteiger partial charge in [-0.3, -0.25) is 14.6 Å². The fraction of sp³-hybridized carbons (Fsp3) is 0.444. The molecule has 0 N–H and O–H groups in total. The normalized spacial score (nSPS) is 20.5. The molecule has 1 saturated heterocycles. The lowest BCUT2D eigenvalue weighted by molar-refractivity contribution is 0.133. The van der Waals surface area contributed by atoms with Gasteiger partial charge in [-0.25, -0.2) is 4.68 Å². The summed E-state index contributed by atoms with van der Waals surface area (Å²) < 4.78 is 1.81. The molecule has 1 aliphatic carbocycles. The van der Waals surface area contributed by atoms with Crippen molar-refractivity contribution in [2.75, 3.05) is 26.2 Å². The van der Waals surface area contributed by atoms with Gasteiger partial charge in [0.25, 0.3) is 5.56 Å². The second-order valence-corrected chi connectivity index (χ2v) is 13.1. The van der Waals surface area contributed by atoms with Gasteiger partial charge in [0, 0.05) is 49.1 Å². The van der Waals surface area contributed by atoms with Crippen LogP contribution < -0.4 is 5.56 Å².